The minimum Gasteiger partial charge on any atom is -0.426 e. The van der Waals surface area contributed by atoms with E-state index in [9.17, 15) is 9.59 Å². The molecule has 4 nitrogen and oxygen atoms in total. The Balaban J connectivity index is 1.95. The van der Waals surface area contributed by atoms with Gasteiger partial charge in [-0.2, -0.15) is 0 Å². The van der Waals surface area contributed by atoms with Crippen molar-refractivity contribution in [1.29, 1.82) is 0 Å². The van der Waals surface area contributed by atoms with E-state index < -0.39 is 5.91 Å². The fourth-order valence-corrected chi connectivity index (χ4v) is 3.53. The van der Waals surface area contributed by atoms with Gasteiger partial charge < -0.3 is 10.5 Å². The van der Waals surface area contributed by atoms with E-state index in [1.807, 2.05) is 25.1 Å². The van der Waals surface area contributed by atoms with Crippen LogP contribution in [0.2, 0.25) is 0 Å². The molecule has 0 saturated carbocycles. The number of nitrogens with two attached hydrogens (primary N) is 1. The number of rotatable bonds is 2. The first-order chi connectivity index (χ1) is 12.0. The van der Waals surface area contributed by atoms with Gasteiger partial charge in [-0.15, -0.1) is 0 Å². The van der Waals surface area contributed by atoms with Crippen molar-refractivity contribution in [3.8, 4) is 5.75 Å². The third kappa shape index (κ3) is 2.66. The Morgan fingerprint density at radius 1 is 1.12 bits per heavy atom. The maximum atomic E-state index is 12.1. The number of aryl methyl sites for hydroxylation is 1. The molecule has 1 heterocycles. The van der Waals surface area contributed by atoms with Crippen LogP contribution in [0.4, 0.5) is 0 Å². The predicted molar refractivity (Wildman–Crippen MR) is 95.7 cm³/mol. The van der Waals surface area contributed by atoms with E-state index in [1.165, 1.54) is 5.56 Å². The highest BCUT2D eigenvalue weighted by Crippen LogP contribution is 2.43. The van der Waals surface area contributed by atoms with E-state index in [4.69, 9.17) is 10.5 Å². The highest BCUT2D eigenvalue weighted by molar-refractivity contribution is 5.94. The van der Waals surface area contributed by atoms with Crippen LogP contribution in [-0.2, 0) is 4.79 Å². The molecule has 1 amide bonds. The van der Waals surface area contributed by atoms with Crippen molar-refractivity contribution in [2.75, 3.05) is 0 Å². The Kier molecular flexibility index (Phi) is 3.53. The van der Waals surface area contributed by atoms with E-state index in [0.29, 0.717) is 11.3 Å². The predicted octanol–water partition coefficient (Wildman–Crippen LogP) is 3.69. The zero-order valence-corrected chi connectivity index (χ0v) is 13.8. The summed E-state index contributed by atoms with van der Waals surface area (Å²) in [5.41, 5.74) is 8.90. The monoisotopic (exact) mass is 331 g/mol. The van der Waals surface area contributed by atoms with Crippen LogP contribution in [0.1, 0.15) is 39.4 Å². The number of carbonyl (C=O) groups is 2. The summed E-state index contributed by atoms with van der Waals surface area (Å²) < 4.78 is 5.47. The number of amides is 1. The van der Waals surface area contributed by atoms with Crippen molar-refractivity contribution in [2.24, 2.45) is 5.73 Å². The maximum Gasteiger partial charge on any atom is 0.312 e. The molecule has 0 bridgehead atoms. The number of hydrogen-bond acceptors (Lipinski definition) is 3. The molecule has 4 rings (SSSR count). The minimum atomic E-state index is -0.478. The van der Waals surface area contributed by atoms with Gasteiger partial charge in [0.25, 0.3) is 0 Å². The van der Waals surface area contributed by atoms with Gasteiger partial charge in [0.1, 0.15) is 5.75 Å². The summed E-state index contributed by atoms with van der Waals surface area (Å²) in [7, 11) is 0. The van der Waals surface area contributed by atoms with E-state index in [-0.39, 0.29) is 18.3 Å². The van der Waals surface area contributed by atoms with E-state index in [1.54, 1.807) is 18.2 Å². The molecule has 1 aliphatic heterocycles. The topological polar surface area (TPSA) is 69.4 Å². The maximum absolute atomic E-state index is 12.1. The van der Waals surface area contributed by atoms with Crippen LogP contribution in [0.15, 0.2) is 54.6 Å². The summed E-state index contributed by atoms with van der Waals surface area (Å²) in [5.74, 6) is -0.327. The summed E-state index contributed by atoms with van der Waals surface area (Å²) in [6.45, 7) is 2.05. The van der Waals surface area contributed by atoms with Crippen LogP contribution in [0.25, 0.3) is 10.8 Å². The van der Waals surface area contributed by atoms with Crippen molar-refractivity contribution in [1.82, 2.24) is 0 Å². The Morgan fingerprint density at radius 3 is 2.76 bits per heavy atom. The fourth-order valence-electron chi connectivity index (χ4n) is 3.53. The molecule has 25 heavy (non-hydrogen) atoms. The van der Waals surface area contributed by atoms with Crippen LogP contribution in [-0.4, -0.2) is 11.9 Å². The summed E-state index contributed by atoms with van der Waals surface area (Å²) in [4.78, 5) is 23.6. The summed E-state index contributed by atoms with van der Waals surface area (Å²) in [6, 6.07) is 17.2. The fraction of sp³-hybridized carbons (Fsp3) is 0.143. The number of benzene rings is 3. The highest BCUT2D eigenvalue weighted by atomic mass is 16.5. The second kappa shape index (κ2) is 5.74. The quantitative estimate of drug-likeness (QED) is 0.575. The lowest BCUT2D eigenvalue weighted by molar-refractivity contribution is -0.135. The number of hydrogen-bond donors (Lipinski definition) is 1. The zero-order chi connectivity index (χ0) is 17.6. The molecule has 3 aromatic rings. The second-order valence-electron chi connectivity index (χ2n) is 6.42. The number of fused-ring (bicyclic) bond motifs is 3. The van der Waals surface area contributed by atoms with Gasteiger partial charge in [-0.3, -0.25) is 9.59 Å². The first-order valence-electron chi connectivity index (χ1n) is 8.16. The molecule has 4 heteroatoms. The lowest BCUT2D eigenvalue weighted by Gasteiger charge is -2.26. The van der Waals surface area contributed by atoms with Crippen LogP contribution in [0.5, 0.6) is 5.75 Å². The van der Waals surface area contributed by atoms with Crippen molar-refractivity contribution < 1.29 is 14.3 Å². The van der Waals surface area contributed by atoms with Gasteiger partial charge in [-0.25, -0.2) is 0 Å². The Hall–Kier alpha value is -3.14. The lowest BCUT2D eigenvalue weighted by Crippen LogP contribution is -2.21. The first kappa shape index (κ1) is 15.4. The number of ether oxygens (including phenoxy) is 1. The van der Waals surface area contributed by atoms with Crippen molar-refractivity contribution >= 4 is 22.6 Å². The van der Waals surface area contributed by atoms with Crippen molar-refractivity contribution in [2.45, 2.75) is 19.3 Å². The molecule has 0 saturated heterocycles. The molecule has 3 aromatic carbocycles. The van der Waals surface area contributed by atoms with Crippen molar-refractivity contribution in [3.63, 3.8) is 0 Å². The average molecular weight is 331 g/mol. The Morgan fingerprint density at radius 2 is 1.96 bits per heavy atom. The Bertz CT molecular complexity index is 1020. The first-order valence-corrected chi connectivity index (χ1v) is 8.16. The van der Waals surface area contributed by atoms with E-state index >= 15 is 0 Å². The number of esters is 1. The molecule has 0 aromatic heterocycles. The van der Waals surface area contributed by atoms with Crippen LogP contribution in [0, 0.1) is 6.92 Å². The average Bonchev–Trinajstić information content (AvgIpc) is 2.60. The van der Waals surface area contributed by atoms with Gasteiger partial charge in [0, 0.05) is 17.0 Å². The highest BCUT2D eigenvalue weighted by Gasteiger charge is 2.30. The molecule has 0 spiro atoms. The van der Waals surface area contributed by atoms with Crippen LogP contribution < -0.4 is 10.5 Å². The number of carbonyl (C=O) groups excluding carboxylic acids is 2. The van der Waals surface area contributed by atoms with Gasteiger partial charge in [0.2, 0.25) is 5.91 Å². The van der Waals surface area contributed by atoms with Gasteiger partial charge in [-0.1, -0.05) is 42.0 Å². The number of primary amides is 1. The third-order valence-electron chi connectivity index (χ3n) is 4.69. The zero-order valence-electron chi connectivity index (χ0n) is 13.8. The molecule has 0 fully saturated rings. The SMILES string of the molecule is Cc1ccc2c3c(ccc2c1)OC(=O)CC3c1cccc(C(N)=O)c1. The smallest absolute Gasteiger partial charge is 0.312 e. The molecule has 1 unspecified atom stereocenters. The molecule has 0 aliphatic carbocycles. The van der Waals surface area contributed by atoms with Crippen LogP contribution in [0.3, 0.4) is 0 Å². The molecule has 0 radical (unpaired) electrons. The van der Waals surface area contributed by atoms with Gasteiger partial charge in [0.15, 0.2) is 0 Å². The second-order valence-corrected chi connectivity index (χ2v) is 6.42. The molecular weight excluding hydrogens is 314 g/mol. The molecular formula is C21H17NO3. The standard InChI is InChI=1S/C21H17NO3/c1-12-5-7-16-14(9-12)6-8-18-20(16)17(11-19(23)25-18)13-3-2-4-15(10-13)21(22)24/h2-10,17H,11H2,1H3,(H2,22,24). The van der Waals surface area contributed by atoms with Gasteiger partial charge >= 0.3 is 5.97 Å². The van der Waals surface area contributed by atoms with Gasteiger partial charge in [-0.05, 0) is 41.5 Å². The van der Waals surface area contributed by atoms with Gasteiger partial charge in [0.05, 0.1) is 6.42 Å². The van der Waals surface area contributed by atoms with Crippen LogP contribution >= 0.6 is 0 Å². The Labute approximate surface area is 145 Å². The lowest BCUT2D eigenvalue weighted by atomic mass is 9.83. The largest absolute Gasteiger partial charge is 0.426 e. The summed E-state index contributed by atoms with van der Waals surface area (Å²) >= 11 is 0. The van der Waals surface area contributed by atoms with E-state index in [0.717, 1.165) is 21.9 Å². The summed E-state index contributed by atoms with van der Waals surface area (Å²) in [6.07, 6.45) is 0.238. The molecule has 124 valence electrons. The minimum absolute atomic E-state index is 0.165. The molecule has 2 N–H and O–H groups in total. The molecule has 1 aliphatic rings. The van der Waals surface area contributed by atoms with E-state index in [2.05, 4.69) is 18.2 Å². The summed E-state index contributed by atoms with van der Waals surface area (Å²) in [5, 5.41) is 2.16. The normalized spacial score (nSPS) is 16.4. The van der Waals surface area contributed by atoms with Crippen molar-refractivity contribution in [3.05, 3.63) is 76.9 Å². The third-order valence-corrected chi connectivity index (χ3v) is 4.69. The molecule has 1 atom stereocenters.